The van der Waals surface area contributed by atoms with Gasteiger partial charge < -0.3 is 10.1 Å². The number of nitrogens with one attached hydrogen (secondary N) is 1. The van der Waals surface area contributed by atoms with Crippen molar-refractivity contribution < 1.29 is 9.13 Å². The van der Waals surface area contributed by atoms with Crippen molar-refractivity contribution in [3.05, 3.63) is 29.6 Å². The smallest absolute Gasteiger partial charge is 0.125 e. The molecule has 1 atom stereocenters. The first kappa shape index (κ1) is 10.4. The molecule has 0 spiro atoms. The van der Waals surface area contributed by atoms with Gasteiger partial charge in [-0.05, 0) is 31.0 Å². The molecule has 15 heavy (non-hydrogen) atoms. The highest BCUT2D eigenvalue weighted by molar-refractivity contribution is 5.50. The lowest BCUT2D eigenvalue weighted by Gasteiger charge is -2.12. The van der Waals surface area contributed by atoms with E-state index in [2.05, 4.69) is 5.32 Å². The highest BCUT2D eigenvalue weighted by Crippen LogP contribution is 2.18. The van der Waals surface area contributed by atoms with E-state index in [-0.39, 0.29) is 5.82 Å². The highest BCUT2D eigenvalue weighted by Gasteiger charge is 2.15. The molecule has 0 bridgehead atoms. The summed E-state index contributed by atoms with van der Waals surface area (Å²) in [7, 11) is 0. The summed E-state index contributed by atoms with van der Waals surface area (Å²) in [5, 5.41) is 3.28. The molecule has 1 aromatic carbocycles. The number of hydrogen-bond acceptors (Lipinski definition) is 2. The Morgan fingerprint density at radius 1 is 1.53 bits per heavy atom. The zero-order valence-electron chi connectivity index (χ0n) is 8.92. The minimum Gasteiger partial charge on any atom is -0.384 e. The molecule has 0 aliphatic carbocycles. The van der Waals surface area contributed by atoms with E-state index < -0.39 is 0 Å². The van der Waals surface area contributed by atoms with Crippen LogP contribution in [0.2, 0.25) is 0 Å². The molecule has 1 aromatic rings. The van der Waals surface area contributed by atoms with Crippen LogP contribution in [-0.2, 0) is 4.74 Å². The summed E-state index contributed by atoms with van der Waals surface area (Å²) in [5.74, 6) is 0.374. The van der Waals surface area contributed by atoms with Crippen molar-refractivity contribution in [3.63, 3.8) is 0 Å². The number of benzene rings is 1. The van der Waals surface area contributed by atoms with Crippen molar-refractivity contribution in [2.45, 2.75) is 13.3 Å². The van der Waals surface area contributed by atoms with Crippen molar-refractivity contribution in [2.75, 3.05) is 25.1 Å². The molecule has 2 nitrogen and oxygen atoms in total. The summed E-state index contributed by atoms with van der Waals surface area (Å²) in [6.07, 6.45) is 1.10. The molecule has 0 amide bonds. The van der Waals surface area contributed by atoms with E-state index in [4.69, 9.17) is 4.74 Å². The Morgan fingerprint density at radius 3 is 3.13 bits per heavy atom. The zero-order chi connectivity index (χ0) is 10.7. The van der Waals surface area contributed by atoms with Crippen LogP contribution in [0.1, 0.15) is 12.0 Å². The first-order valence-corrected chi connectivity index (χ1v) is 5.33. The van der Waals surface area contributed by atoms with Gasteiger partial charge in [0.2, 0.25) is 0 Å². The van der Waals surface area contributed by atoms with Gasteiger partial charge >= 0.3 is 0 Å². The predicted octanol–water partition coefficient (Wildman–Crippen LogP) is 2.58. The maximum Gasteiger partial charge on any atom is 0.125 e. The topological polar surface area (TPSA) is 21.3 Å². The van der Waals surface area contributed by atoms with Gasteiger partial charge in [0.05, 0.1) is 6.61 Å². The fourth-order valence-corrected chi connectivity index (χ4v) is 1.78. The van der Waals surface area contributed by atoms with Gasteiger partial charge in [0, 0.05) is 24.8 Å². The molecule has 3 heteroatoms. The van der Waals surface area contributed by atoms with Crippen LogP contribution in [0.25, 0.3) is 0 Å². The van der Waals surface area contributed by atoms with Crippen LogP contribution in [0.3, 0.4) is 0 Å². The second-order valence-corrected chi connectivity index (χ2v) is 4.07. The van der Waals surface area contributed by atoms with E-state index in [0.717, 1.165) is 37.4 Å². The molecule has 1 saturated heterocycles. The summed E-state index contributed by atoms with van der Waals surface area (Å²) < 4.78 is 18.3. The lowest BCUT2D eigenvalue weighted by Crippen LogP contribution is -2.14. The second kappa shape index (κ2) is 4.62. The van der Waals surface area contributed by atoms with Gasteiger partial charge in [-0.15, -0.1) is 0 Å². The third kappa shape index (κ3) is 2.69. The molecular formula is C12H16FNO. The summed E-state index contributed by atoms with van der Waals surface area (Å²) in [4.78, 5) is 0. The van der Waals surface area contributed by atoms with Crippen LogP contribution in [0.4, 0.5) is 10.1 Å². The lowest BCUT2D eigenvalue weighted by molar-refractivity contribution is 0.187. The van der Waals surface area contributed by atoms with Gasteiger partial charge in [-0.1, -0.05) is 6.07 Å². The van der Waals surface area contributed by atoms with Crippen LogP contribution < -0.4 is 5.32 Å². The Hall–Kier alpha value is -1.09. The average Bonchev–Trinajstić information content (AvgIpc) is 2.72. The Kier molecular flexibility index (Phi) is 3.21. The number of hydrogen-bond donors (Lipinski definition) is 1. The third-order valence-corrected chi connectivity index (χ3v) is 2.80. The molecular weight excluding hydrogens is 193 g/mol. The molecule has 0 radical (unpaired) electrons. The fourth-order valence-electron chi connectivity index (χ4n) is 1.78. The van der Waals surface area contributed by atoms with Crippen molar-refractivity contribution in [3.8, 4) is 0 Å². The van der Waals surface area contributed by atoms with Crippen molar-refractivity contribution in [1.29, 1.82) is 0 Å². The molecule has 1 aliphatic heterocycles. The van der Waals surface area contributed by atoms with E-state index in [1.54, 1.807) is 12.1 Å². The summed E-state index contributed by atoms with van der Waals surface area (Å²) >= 11 is 0. The monoisotopic (exact) mass is 209 g/mol. The first-order valence-electron chi connectivity index (χ1n) is 5.33. The van der Waals surface area contributed by atoms with Crippen molar-refractivity contribution in [2.24, 2.45) is 5.92 Å². The Bertz CT molecular complexity index is 334. The van der Waals surface area contributed by atoms with Gasteiger partial charge in [0.25, 0.3) is 0 Å². The van der Waals surface area contributed by atoms with Gasteiger partial charge in [0.15, 0.2) is 0 Å². The molecule has 82 valence electrons. The van der Waals surface area contributed by atoms with Crippen LogP contribution in [0, 0.1) is 18.7 Å². The van der Waals surface area contributed by atoms with E-state index in [0.29, 0.717) is 5.92 Å². The number of ether oxygens (including phenoxy) is 1. The second-order valence-electron chi connectivity index (χ2n) is 4.07. The van der Waals surface area contributed by atoms with Crippen LogP contribution >= 0.6 is 0 Å². The maximum atomic E-state index is 13.0. The van der Waals surface area contributed by atoms with E-state index in [1.807, 2.05) is 6.92 Å². The first-order chi connectivity index (χ1) is 7.25. The van der Waals surface area contributed by atoms with Gasteiger partial charge in [-0.2, -0.15) is 0 Å². The minimum absolute atomic E-state index is 0.189. The standard InChI is InChI=1S/C12H16FNO/c1-9-2-3-11(13)6-12(9)14-7-10-4-5-15-8-10/h2-3,6,10,14H,4-5,7-8H2,1H3. The fraction of sp³-hybridized carbons (Fsp3) is 0.500. The number of rotatable bonds is 3. The van der Waals surface area contributed by atoms with Crippen LogP contribution in [0.15, 0.2) is 18.2 Å². The molecule has 1 heterocycles. The predicted molar refractivity (Wildman–Crippen MR) is 58.6 cm³/mol. The molecule has 1 fully saturated rings. The number of anilines is 1. The SMILES string of the molecule is Cc1ccc(F)cc1NCC1CCOC1. The van der Waals surface area contributed by atoms with Crippen LogP contribution in [0.5, 0.6) is 0 Å². The molecule has 1 N–H and O–H groups in total. The summed E-state index contributed by atoms with van der Waals surface area (Å²) in [5.41, 5.74) is 1.97. The Balaban J connectivity index is 1.94. The Labute approximate surface area is 89.4 Å². The normalized spacial score (nSPS) is 20.5. The summed E-state index contributed by atoms with van der Waals surface area (Å²) in [6, 6.07) is 4.83. The molecule has 0 aromatic heterocycles. The lowest BCUT2D eigenvalue weighted by atomic mass is 10.1. The average molecular weight is 209 g/mol. The van der Waals surface area contributed by atoms with Crippen LogP contribution in [-0.4, -0.2) is 19.8 Å². The van der Waals surface area contributed by atoms with Crippen molar-refractivity contribution >= 4 is 5.69 Å². The molecule has 2 rings (SSSR count). The maximum absolute atomic E-state index is 13.0. The number of aryl methyl sites for hydroxylation is 1. The van der Waals surface area contributed by atoms with Gasteiger partial charge in [0.1, 0.15) is 5.82 Å². The number of halogens is 1. The molecule has 1 unspecified atom stereocenters. The van der Waals surface area contributed by atoms with Crippen molar-refractivity contribution in [1.82, 2.24) is 0 Å². The third-order valence-electron chi connectivity index (χ3n) is 2.80. The van der Waals surface area contributed by atoms with Gasteiger partial charge in [-0.3, -0.25) is 0 Å². The quantitative estimate of drug-likeness (QED) is 0.826. The minimum atomic E-state index is -0.189. The largest absolute Gasteiger partial charge is 0.384 e. The van der Waals surface area contributed by atoms with Gasteiger partial charge in [-0.25, -0.2) is 4.39 Å². The molecule has 0 saturated carbocycles. The zero-order valence-corrected chi connectivity index (χ0v) is 8.92. The summed E-state index contributed by atoms with van der Waals surface area (Å²) in [6.45, 7) is 4.52. The van der Waals surface area contributed by atoms with E-state index in [9.17, 15) is 4.39 Å². The van der Waals surface area contributed by atoms with E-state index in [1.165, 1.54) is 6.07 Å². The highest BCUT2D eigenvalue weighted by atomic mass is 19.1. The van der Waals surface area contributed by atoms with E-state index >= 15 is 0 Å². The Morgan fingerprint density at radius 2 is 2.40 bits per heavy atom. The molecule has 1 aliphatic rings.